The van der Waals surface area contributed by atoms with Gasteiger partial charge < -0.3 is 19.8 Å². The van der Waals surface area contributed by atoms with E-state index in [1.54, 1.807) is 36.3 Å². The van der Waals surface area contributed by atoms with Crippen molar-refractivity contribution < 1.29 is 18.8 Å². The van der Waals surface area contributed by atoms with Crippen LogP contribution in [0.4, 0.5) is 14.9 Å². The van der Waals surface area contributed by atoms with E-state index >= 15 is 0 Å². The highest BCUT2D eigenvalue weighted by Crippen LogP contribution is 2.24. The first-order chi connectivity index (χ1) is 15.6. The lowest BCUT2D eigenvalue weighted by Gasteiger charge is -2.25. The van der Waals surface area contributed by atoms with Crippen molar-refractivity contribution in [2.24, 2.45) is 5.16 Å². The predicted octanol–water partition coefficient (Wildman–Crippen LogP) is 5.06. The number of amides is 2. The number of rotatable bonds is 7. The number of urea groups is 1. The molecule has 0 saturated carbocycles. The van der Waals surface area contributed by atoms with Crippen molar-refractivity contribution in [3.63, 3.8) is 0 Å². The average molecular weight is 433 g/mol. The molecule has 0 saturated heterocycles. The number of halogens is 1. The zero-order valence-corrected chi connectivity index (χ0v) is 17.7. The molecule has 0 radical (unpaired) electrons. The van der Waals surface area contributed by atoms with Crippen molar-refractivity contribution in [3.8, 4) is 5.75 Å². The summed E-state index contributed by atoms with van der Waals surface area (Å²) in [5.41, 5.74) is 3.13. The smallest absolute Gasteiger partial charge is 0.322 e. The van der Waals surface area contributed by atoms with Crippen LogP contribution in [-0.2, 0) is 11.4 Å². The van der Waals surface area contributed by atoms with Gasteiger partial charge in [-0.05, 0) is 35.4 Å². The zero-order chi connectivity index (χ0) is 22.3. The van der Waals surface area contributed by atoms with Gasteiger partial charge in [0.25, 0.3) is 0 Å². The SMILES string of the molecule is COc1ccccc1NC(=O)N(Cc1ccccc1)CC1CC(c2ccc(F)cc2)=NO1. The number of methoxy groups -OCH3 is 1. The lowest BCUT2D eigenvalue weighted by molar-refractivity contribution is 0.0608. The van der Waals surface area contributed by atoms with Crippen LogP contribution >= 0.6 is 0 Å². The van der Waals surface area contributed by atoms with Crippen LogP contribution in [0.1, 0.15) is 17.5 Å². The Morgan fingerprint density at radius 1 is 1.09 bits per heavy atom. The molecule has 0 spiro atoms. The van der Waals surface area contributed by atoms with Crippen LogP contribution in [0.5, 0.6) is 5.75 Å². The fourth-order valence-corrected chi connectivity index (χ4v) is 3.55. The molecule has 4 rings (SSSR count). The van der Waals surface area contributed by atoms with Gasteiger partial charge >= 0.3 is 6.03 Å². The fraction of sp³-hybridized carbons (Fsp3) is 0.200. The number of hydrogen-bond acceptors (Lipinski definition) is 4. The van der Waals surface area contributed by atoms with E-state index in [0.717, 1.165) is 16.8 Å². The molecule has 1 aliphatic rings. The van der Waals surface area contributed by atoms with Crippen LogP contribution in [0.25, 0.3) is 0 Å². The maximum Gasteiger partial charge on any atom is 0.322 e. The van der Waals surface area contributed by atoms with E-state index in [2.05, 4.69) is 10.5 Å². The fourth-order valence-electron chi connectivity index (χ4n) is 3.55. The van der Waals surface area contributed by atoms with E-state index in [0.29, 0.717) is 30.9 Å². The average Bonchev–Trinajstić information content (AvgIpc) is 3.28. The van der Waals surface area contributed by atoms with Crippen LogP contribution in [0, 0.1) is 5.82 Å². The number of ether oxygens (including phenoxy) is 1. The predicted molar refractivity (Wildman–Crippen MR) is 121 cm³/mol. The van der Waals surface area contributed by atoms with Crippen LogP contribution < -0.4 is 10.1 Å². The van der Waals surface area contributed by atoms with Gasteiger partial charge in [0.05, 0.1) is 25.1 Å². The molecule has 6 nitrogen and oxygen atoms in total. The number of anilines is 1. The summed E-state index contributed by atoms with van der Waals surface area (Å²) in [5.74, 6) is 0.284. The third kappa shape index (κ3) is 5.24. The molecule has 0 bridgehead atoms. The summed E-state index contributed by atoms with van der Waals surface area (Å²) < 4.78 is 18.6. The molecule has 1 heterocycles. The minimum atomic E-state index is -0.304. The summed E-state index contributed by atoms with van der Waals surface area (Å²) in [4.78, 5) is 20.5. The second-order valence-corrected chi connectivity index (χ2v) is 7.47. The molecule has 164 valence electrons. The maximum absolute atomic E-state index is 13.2. The van der Waals surface area contributed by atoms with Gasteiger partial charge in [-0.15, -0.1) is 0 Å². The Hall–Kier alpha value is -3.87. The zero-order valence-electron chi connectivity index (χ0n) is 17.7. The molecule has 3 aromatic carbocycles. The molecule has 7 heteroatoms. The Kier molecular flexibility index (Phi) is 6.65. The molecule has 1 aliphatic heterocycles. The number of nitrogens with one attached hydrogen (secondary N) is 1. The van der Waals surface area contributed by atoms with Crippen molar-refractivity contribution >= 4 is 17.4 Å². The standard InChI is InChI=1S/C25H24FN3O3/c1-31-24-10-6-5-9-22(24)27-25(30)29(16-18-7-3-2-4-8-18)17-21-15-23(28-32-21)19-11-13-20(26)14-12-19/h2-14,21H,15-17H2,1H3,(H,27,30). The number of carbonyl (C=O) groups excluding carboxylic acids is 1. The van der Waals surface area contributed by atoms with Crippen LogP contribution in [0.2, 0.25) is 0 Å². The first-order valence-electron chi connectivity index (χ1n) is 10.3. The lowest BCUT2D eigenvalue weighted by atomic mass is 10.0. The molecule has 0 aromatic heterocycles. The first kappa shape index (κ1) is 21.4. The van der Waals surface area contributed by atoms with Gasteiger partial charge in [-0.3, -0.25) is 0 Å². The van der Waals surface area contributed by atoms with E-state index in [-0.39, 0.29) is 18.0 Å². The highest BCUT2D eigenvalue weighted by Gasteiger charge is 2.27. The number of carbonyl (C=O) groups is 1. The van der Waals surface area contributed by atoms with Gasteiger partial charge in [0.1, 0.15) is 11.6 Å². The number of para-hydroxylation sites is 2. The molecule has 3 aromatic rings. The van der Waals surface area contributed by atoms with Gasteiger partial charge in [0.2, 0.25) is 0 Å². The van der Waals surface area contributed by atoms with Gasteiger partial charge in [-0.2, -0.15) is 0 Å². The summed E-state index contributed by atoms with van der Waals surface area (Å²) in [7, 11) is 1.56. The Labute approximate surface area is 186 Å². The number of oxime groups is 1. The summed E-state index contributed by atoms with van der Waals surface area (Å²) in [6, 6.07) is 22.9. The van der Waals surface area contributed by atoms with Crippen LogP contribution in [0.15, 0.2) is 84.0 Å². The highest BCUT2D eigenvalue weighted by atomic mass is 19.1. The molecule has 32 heavy (non-hydrogen) atoms. The lowest BCUT2D eigenvalue weighted by Crippen LogP contribution is -2.40. The monoisotopic (exact) mass is 433 g/mol. The van der Waals surface area contributed by atoms with Crippen molar-refractivity contribution in [2.45, 2.75) is 19.1 Å². The molecular formula is C25H24FN3O3. The minimum absolute atomic E-state index is 0.266. The second-order valence-electron chi connectivity index (χ2n) is 7.47. The summed E-state index contributed by atoms with van der Waals surface area (Å²) in [6.45, 7) is 0.748. The maximum atomic E-state index is 13.2. The van der Waals surface area contributed by atoms with Crippen LogP contribution in [0.3, 0.4) is 0 Å². The van der Waals surface area contributed by atoms with Crippen molar-refractivity contribution in [1.82, 2.24) is 4.90 Å². The highest BCUT2D eigenvalue weighted by molar-refractivity contribution is 6.01. The molecule has 1 unspecified atom stereocenters. The van der Waals surface area contributed by atoms with Gasteiger partial charge in [-0.1, -0.05) is 59.8 Å². The molecule has 0 aliphatic carbocycles. The largest absolute Gasteiger partial charge is 0.495 e. The second kappa shape index (κ2) is 9.96. The number of hydrogen-bond donors (Lipinski definition) is 1. The minimum Gasteiger partial charge on any atom is -0.495 e. The van der Waals surface area contributed by atoms with Gasteiger partial charge in [0.15, 0.2) is 6.10 Å². The van der Waals surface area contributed by atoms with Crippen molar-refractivity contribution in [2.75, 3.05) is 19.0 Å². The third-order valence-electron chi connectivity index (χ3n) is 5.19. The Bertz CT molecular complexity index is 1090. The number of benzene rings is 3. The van der Waals surface area contributed by atoms with E-state index in [9.17, 15) is 9.18 Å². The van der Waals surface area contributed by atoms with Gasteiger partial charge in [0, 0.05) is 13.0 Å². The molecule has 2 amide bonds. The van der Waals surface area contributed by atoms with E-state index < -0.39 is 0 Å². The topological polar surface area (TPSA) is 63.2 Å². The van der Waals surface area contributed by atoms with Crippen molar-refractivity contribution in [1.29, 1.82) is 0 Å². The molecule has 1 atom stereocenters. The summed E-state index contributed by atoms with van der Waals surface area (Å²) >= 11 is 0. The van der Waals surface area contributed by atoms with E-state index in [1.165, 1.54) is 12.1 Å². The Balaban J connectivity index is 1.47. The Morgan fingerprint density at radius 3 is 2.56 bits per heavy atom. The molecule has 1 N–H and O–H groups in total. The normalized spacial score (nSPS) is 14.9. The van der Waals surface area contributed by atoms with Crippen molar-refractivity contribution in [3.05, 3.63) is 95.8 Å². The van der Waals surface area contributed by atoms with E-state index in [1.807, 2.05) is 42.5 Å². The molecular weight excluding hydrogens is 409 g/mol. The van der Waals surface area contributed by atoms with Gasteiger partial charge in [-0.25, -0.2) is 9.18 Å². The van der Waals surface area contributed by atoms with Crippen LogP contribution in [-0.4, -0.2) is 36.4 Å². The quantitative estimate of drug-likeness (QED) is 0.566. The first-order valence-corrected chi connectivity index (χ1v) is 10.3. The number of nitrogens with zero attached hydrogens (tertiary/aromatic N) is 2. The summed E-state index contributed by atoms with van der Waals surface area (Å²) in [5, 5.41) is 7.10. The summed E-state index contributed by atoms with van der Waals surface area (Å²) in [6.07, 6.45) is 0.223. The Morgan fingerprint density at radius 2 is 1.81 bits per heavy atom. The third-order valence-corrected chi connectivity index (χ3v) is 5.19. The van der Waals surface area contributed by atoms with E-state index in [4.69, 9.17) is 9.57 Å². The molecule has 0 fully saturated rings.